The lowest BCUT2D eigenvalue weighted by Crippen LogP contribution is -2.00. The molecule has 0 amide bonds. The van der Waals surface area contributed by atoms with Crippen LogP contribution in [-0.4, -0.2) is 5.11 Å². The van der Waals surface area contributed by atoms with Crippen LogP contribution in [0.1, 0.15) is 17.2 Å². The van der Waals surface area contributed by atoms with E-state index in [2.05, 4.69) is 0 Å². The van der Waals surface area contributed by atoms with Crippen molar-refractivity contribution >= 4 is 34.5 Å². The molecule has 0 saturated heterocycles. The minimum Gasteiger partial charge on any atom is -0.388 e. The van der Waals surface area contributed by atoms with Crippen molar-refractivity contribution in [1.82, 2.24) is 0 Å². The number of aliphatic hydroxyl groups excluding tert-OH is 1. The van der Waals surface area contributed by atoms with E-state index in [0.717, 1.165) is 11.1 Å². The zero-order valence-corrected chi connectivity index (χ0v) is 10.7. The second kappa shape index (κ2) is 5.19. The Bertz CT molecular complexity index is 468. The SMILES string of the molecule is OC(Cc1ccsc1)c1ccc(Cl)c(Cl)c1. The second-order valence-corrected chi connectivity index (χ2v) is 5.12. The van der Waals surface area contributed by atoms with Crippen LogP contribution in [0, 0.1) is 0 Å². The topological polar surface area (TPSA) is 20.2 Å². The quantitative estimate of drug-likeness (QED) is 0.882. The molecule has 0 saturated carbocycles. The molecule has 0 spiro atoms. The summed E-state index contributed by atoms with van der Waals surface area (Å²) in [6.07, 6.45) is 0.0610. The number of rotatable bonds is 3. The summed E-state index contributed by atoms with van der Waals surface area (Å²) in [5.41, 5.74) is 1.92. The fourth-order valence-corrected chi connectivity index (χ4v) is 2.46. The molecule has 1 atom stereocenters. The molecule has 1 heterocycles. The third-order valence-electron chi connectivity index (χ3n) is 2.34. The van der Waals surface area contributed by atoms with Gasteiger partial charge in [0.1, 0.15) is 0 Å². The maximum Gasteiger partial charge on any atom is 0.0831 e. The first kappa shape index (κ1) is 11.9. The summed E-state index contributed by atoms with van der Waals surface area (Å²) in [7, 11) is 0. The standard InChI is InChI=1S/C12H10Cl2OS/c13-10-2-1-9(6-11(10)14)12(15)5-8-3-4-16-7-8/h1-4,6-7,12,15H,5H2. The lowest BCUT2D eigenvalue weighted by Gasteiger charge is -2.10. The van der Waals surface area contributed by atoms with E-state index in [1.807, 2.05) is 16.8 Å². The van der Waals surface area contributed by atoms with Crippen molar-refractivity contribution in [2.45, 2.75) is 12.5 Å². The van der Waals surface area contributed by atoms with Crippen molar-refractivity contribution in [3.63, 3.8) is 0 Å². The largest absolute Gasteiger partial charge is 0.388 e. The normalized spacial score (nSPS) is 12.7. The third kappa shape index (κ3) is 2.77. The first-order chi connectivity index (χ1) is 7.66. The predicted molar refractivity (Wildman–Crippen MR) is 69.4 cm³/mol. The molecule has 16 heavy (non-hydrogen) atoms. The van der Waals surface area contributed by atoms with Crippen LogP contribution in [-0.2, 0) is 6.42 Å². The summed E-state index contributed by atoms with van der Waals surface area (Å²) in [4.78, 5) is 0. The van der Waals surface area contributed by atoms with E-state index in [4.69, 9.17) is 23.2 Å². The van der Waals surface area contributed by atoms with Crippen LogP contribution in [0.5, 0.6) is 0 Å². The zero-order chi connectivity index (χ0) is 11.5. The first-order valence-corrected chi connectivity index (χ1v) is 6.51. The molecule has 0 bridgehead atoms. The number of aliphatic hydroxyl groups is 1. The Morgan fingerprint density at radius 1 is 1.19 bits per heavy atom. The molecule has 0 aliphatic heterocycles. The van der Waals surface area contributed by atoms with E-state index >= 15 is 0 Å². The molecule has 1 N–H and O–H groups in total. The Labute approximate surface area is 108 Å². The van der Waals surface area contributed by atoms with Gasteiger partial charge in [-0.3, -0.25) is 0 Å². The van der Waals surface area contributed by atoms with Crippen LogP contribution in [0.2, 0.25) is 10.0 Å². The van der Waals surface area contributed by atoms with Crippen molar-refractivity contribution in [2.75, 3.05) is 0 Å². The smallest absolute Gasteiger partial charge is 0.0831 e. The van der Waals surface area contributed by atoms with Gasteiger partial charge in [0, 0.05) is 6.42 Å². The molecule has 0 aliphatic rings. The molecule has 0 fully saturated rings. The minimum atomic E-state index is -0.538. The monoisotopic (exact) mass is 272 g/mol. The zero-order valence-electron chi connectivity index (χ0n) is 8.36. The van der Waals surface area contributed by atoms with Gasteiger partial charge in [-0.1, -0.05) is 29.3 Å². The molecule has 2 rings (SSSR count). The van der Waals surface area contributed by atoms with E-state index in [9.17, 15) is 5.11 Å². The van der Waals surface area contributed by atoms with Gasteiger partial charge in [-0.15, -0.1) is 0 Å². The van der Waals surface area contributed by atoms with Gasteiger partial charge in [0.25, 0.3) is 0 Å². The number of thiophene rings is 1. The summed E-state index contributed by atoms with van der Waals surface area (Å²) < 4.78 is 0. The lowest BCUT2D eigenvalue weighted by molar-refractivity contribution is 0.178. The molecule has 0 radical (unpaired) electrons. The lowest BCUT2D eigenvalue weighted by atomic mass is 10.0. The Balaban J connectivity index is 2.14. The molecule has 84 valence electrons. The number of halogens is 2. The van der Waals surface area contributed by atoms with Crippen molar-refractivity contribution in [3.8, 4) is 0 Å². The summed E-state index contributed by atoms with van der Waals surface area (Å²) in [5, 5.41) is 15.0. The molecular weight excluding hydrogens is 263 g/mol. The molecule has 2 aromatic rings. The average Bonchev–Trinajstić information content (AvgIpc) is 2.74. The highest BCUT2D eigenvalue weighted by Gasteiger charge is 2.10. The van der Waals surface area contributed by atoms with Gasteiger partial charge in [-0.25, -0.2) is 0 Å². The summed E-state index contributed by atoms with van der Waals surface area (Å²) in [6.45, 7) is 0. The van der Waals surface area contributed by atoms with E-state index < -0.39 is 6.10 Å². The van der Waals surface area contributed by atoms with E-state index in [1.54, 1.807) is 29.5 Å². The van der Waals surface area contributed by atoms with Crippen LogP contribution < -0.4 is 0 Å². The van der Waals surface area contributed by atoms with E-state index in [0.29, 0.717) is 16.5 Å². The van der Waals surface area contributed by atoms with Crippen LogP contribution in [0.3, 0.4) is 0 Å². The fraction of sp³-hybridized carbons (Fsp3) is 0.167. The number of benzene rings is 1. The molecule has 1 unspecified atom stereocenters. The second-order valence-electron chi connectivity index (χ2n) is 3.53. The van der Waals surface area contributed by atoms with Gasteiger partial charge in [-0.2, -0.15) is 11.3 Å². The molecule has 1 nitrogen and oxygen atoms in total. The first-order valence-electron chi connectivity index (χ1n) is 4.81. The summed E-state index contributed by atoms with van der Waals surface area (Å²) in [6, 6.07) is 7.22. The van der Waals surface area contributed by atoms with Gasteiger partial charge >= 0.3 is 0 Å². The Morgan fingerprint density at radius 3 is 2.62 bits per heavy atom. The van der Waals surface area contributed by atoms with Gasteiger partial charge < -0.3 is 5.11 Å². The highest BCUT2D eigenvalue weighted by Crippen LogP contribution is 2.27. The maximum absolute atomic E-state index is 10.0. The third-order valence-corrected chi connectivity index (χ3v) is 3.81. The Hall–Kier alpha value is -0.540. The Kier molecular flexibility index (Phi) is 3.87. The van der Waals surface area contributed by atoms with Crippen LogP contribution in [0.4, 0.5) is 0 Å². The molecule has 1 aromatic heterocycles. The number of hydrogen-bond acceptors (Lipinski definition) is 2. The highest BCUT2D eigenvalue weighted by atomic mass is 35.5. The summed E-state index contributed by atoms with van der Waals surface area (Å²) >= 11 is 13.3. The predicted octanol–water partition coefficient (Wildman–Crippen LogP) is 4.33. The van der Waals surface area contributed by atoms with E-state index in [-0.39, 0.29) is 0 Å². The van der Waals surface area contributed by atoms with Crippen LogP contribution >= 0.6 is 34.5 Å². The molecule has 0 aliphatic carbocycles. The Morgan fingerprint density at radius 2 is 2.00 bits per heavy atom. The van der Waals surface area contributed by atoms with Crippen LogP contribution in [0.25, 0.3) is 0 Å². The highest BCUT2D eigenvalue weighted by molar-refractivity contribution is 7.07. The van der Waals surface area contributed by atoms with Crippen LogP contribution in [0.15, 0.2) is 35.0 Å². The van der Waals surface area contributed by atoms with Gasteiger partial charge in [0.05, 0.1) is 16.1 Å². The van der Waals surface area contributed by atoms with Crippen molar-refractivity contribution in [2.24, 2.45) is 0 Å². The van der Waals surface area contributed by atoms with Gasteiger partial charge in [0.2, 0.25) is 0 Å². The van der Waals surface area contributed by atoms with Gasteiger partial charge in [-0.05, 0) is 40.1 Å². The van der Waals surface area contributed by atoms with Crippen molar-refractivity contribution in [1.29, 1.82) is 0 Å². The molecule has 4 heteroatoms. The van der Waals surface area contributed by atoms with Gasteiger partial charge in [0.15, 0.2) is 0 Å². The maximum atomic E-state index is 10.0. The molecule has 1 aromatic carbocycles. The van der Waals surface area contributed by atoms with E-state index in [1.165, 1.54) is 0 Å². The van der Waals surface area contributed by atoms with Crippen molar-refractivity contribution in [3.05, 3.63) is 56.2 Å². The minimum absolute atomic E-state index is 0.475. The summed E-state index contributed by atoms with van der Waals surface area (Å²) in [5.74, 6) is 0. The average molecular weight is 273 g/mol. The van der Waals surface area contributed by atoms with Crippen molar-refractivity contribution < 1.29 is 5.11 Å². The molecular formula is C12H10Cl2OS. The fourth-order valence-electron chi connectivity index (χ4n) is 1.47. The number of hydrogen-bond donors (Lipinski definition) is 1.